The Hall–Kier alpha value is -1.58. The van der Waals surface area contributed by atoms with Gasteiger partial charge in [0.05, 0.1) is 18.2 Å². The van der Waals surface area contributed by atoms with E-state index in [0.29, 0.717) is 17.7 Å². The van der Waals surface area contributed by atoms with E-state index in [1.165, 1.54) is 12.1 Å². The lowest BCUT2D eigenvalue weighted by Gasteiger charge is -2.12. The zero-order valence-electron chi connectivity index (χ0n) is 10.4. The fourth-order valence-electron chi connectivity index (χ4n) is 1.86. The highest BCUT2D eigenvalue weighted by atomic mass is 35.5. The van der Waals surface area contributed by atoms with Crippen LogP contribution in [0.3, 0.4) is 0 Å². The van der Waals surface area contributed by atoms with Gasteiger partial charge in [-0.25, -0.2) is 4.39 Å². The van der Waals surface area contributed by atoms with Crippen molar-refractivity contribution in [2.75, 3.05) is 7.11 Å². The molecule has 0 spiro atoms. The van der Waals surface area contributed by atoms with E-state index in [2.05, 4.69) is 0 Å². The number of hydrogen-bond acceptors (Lipinski definition) is 2. The van der Waals surface area contributed by atoms with Gasteiger partial charge in [0.15, 0.2) is 0 Å². The van der Waals surface area contributed by atoms with Gasteiger partial charge in [0, 0.05) is 6.42 Å². The zero-order valence-corrected chi connectivity index (χ0v) is 11.2. The molecule has 0 saturated heterocycles. The number of hydrogen-bond donors (Lipinski definition) is 1. The fourth-order valence-corrected chi connectivity index (χ4v) is 1.97. The van der Waals surface area contributed by atoms with Crippen molar-refractivity contribution in [1.29, 1.82) is 0 Å². The lowest BCUT2D eigenvalue weighted by Crippen LogP contribution is -2.02. The van der Waals surface area contributed by atoms with E-state index in [-0.39, 0.29) is 5.02 Å². The number of benzene rings is 2. The third-order valence-electron chi connectivity index (χ3n) is 2.89. The summed E-state index contributed by atoms with van der Waals surface area (Å²) in [7, 11) is 1.57. The van der Waals surface area contributed by atoms with Crippen molar-refractivity contribution in [3.8, 4) is 5.75 Å². The molecule has 0 saturated carbocycles. The molecule has 1 unspecified atom stereocenters. The summed E-state index contributed by atoms with van der Waals surface area (Å²) in [5.74, 6) is 0.204. The van der Waals surface area contributed by atoms with Crippen LogP contribution >= 0.6 is 11.6 Å². The Morgan fingerprint density at radius 3 is 2.74 bits per heavy atom. The maximum Gasteiger partial charge on any atom is 0.142 e. The quantitative estimate of drug-likeness (QED) is 0.924. The summed E-state index contributed by atoms with van der Waals surface area (Å²) in [5, 5.41) is 10.2. The third-order valence-corrected chi connectivity index (χ3v) is 3.20. The van der Waals surface area contributed by atoms with E-state index in [4.69, 9.17) is 16.3 Å². The average molecular weight is 281 g/mol. The summed E-state index contributed by atoms with van der Waals surface area (Å²) in [6, 6.07) is 11.7. The predicted octanol–water partition coefficient (Wildman–Crippen LogP) is 3.76. The largest absolute Gasteiger partial charge is 0.497 e. The molecule has 2 rings (SSSR count). The van der Waals surface area contributed by atoms with Crippen molar-refractivity contribution < 1.29 is 14.2 Å². The first-order valence-electron chi connectivity index (χ1n) is 5.86. The molecule has 0 amide bonds. The molecule has 1 atom stereocenters. The van der Waals surface area contributed by atoms with Crippen LogP contribution in [0.25, 0.3) is 0 Å². The van der Waals surface area contributed by atoms with Gasteiger partial charge < -0.3 is 9.84 Å². The summed E-state index contributed by atoms with van der Waals surface area (Å²) >= 11 is 5.62. The Morgan fingerprint density at radius 1 is 1.26 bits per heavy atom. The van der Waals surface area contributed by atoms with Gasteiger partial charge in [-0.05, 0) is 35.4 Å². The van der Waals surface area contributed by atoms with Gasteiger partial charge in [-0.1, -0.05) is 29.8 Å². The third kappa shape index (κ3) is 3.46. The first-order valence-corrected chi connectivity index (χ1v) is 6.24. The van der Waals surface area contributed by atoms with Gasteiger partial charge >= 0.3 is 0 Å². The van der Waals surface area contributed by atoms with E-state index in [9.17, 15) is 9.50 Å². The Labute approximate surface area is 116 Å². The van der Waals surface area contributed by atoms with Crippen molar-refractivity contribution in [3.63, 3.8) is 0 Å². The first kappa shape index (κ1) is 13.8. The normalized spacial score (nSPS) is 12.2. The highest BCUT2D eigenvalue weighted by molar-refractivity contribution is 6.30. The van der Waals surface area contributed by atoms with E-state index < -0.39 is 11.9 Å². The summed E-state index contributed by atoms with van der Waals surface area (Å²) in [6.45, 7) is 0. The van der Waals surface area contributed by atoms with Crippen LogP contribution in [-0.2, 0) is 6.42 Å². The molecule has 0 fully saturated rings. The molecular formula is C15H14ClFO2. The summed E-state index contributed by atoms with van der Waals surface area (Å²) in [4.78, 5) is 0. The molecule has 2 aromatic rings. The lowest BCUT2D eigenvalue weighted by atomic mass is 10.0. The predicted molar refractivity (Wildman–Crippen MR) is 73.1 cm³/mol. The van der Waals surface area contributed by atoms with Crippen LogP contribution in [0, 0.1) is 5.82 Å². The van der Waals surface area contributed by atoms with Gasteiger partial charge in [-0.15, -0.1) is 0 Å². The molecule has 0 bridgehead atoms. The summed E-state index contributed by atoms with van der Waals surface area (Å²) < 4.78 is 18.4. The molecule has 4 heteroatoms. The van der Waals surface area contributed by atoms with E-state index in [0.717, 1.165) is 5.56 Å². The topological polar surface area (TPSA) is 29.5 Å². The van der Waals surface area contributed by atoms with Crippen LogP contribution in [0.2, 0.25) is 5.02 Å². The molecule has 100 valence electrons. The molecule has 1 N–H and O–H groups in total. The zero-order chi connectivity index (χ0) is 13.8. The van der Waals surface area contributed by atoms with Crippen LogP contribution in [0.15, 0.2) is 42.5 Å². The van der Waals surface area contributed by atoms with Crippen molar-refractivity contribution in [2.24, 2.45) is 0 Å². The number of rotatable bonds is 4. The van der Waals surface area contributed by atoms with Gasteiger partial charge in [-0.2, -0.15) is 0 Å². The number of ether oxygens (including phenoxy) is 1. The average Bonchev–Trinajstić information content (AvgIpc) is 2.43. The molecule has 0 heterocycles. The maximum absolute atomic E-state index is 13.3. The van der Waals surface area contributed by atoms with Crippen molar-refractivity contribution in [2.45, 2.75) is 12.5 Å². The summed E-state index contributed by atoms with van der Waals surface area (Å²) in [5.41, 5.74) is 1.42. The molecule has 2 aromatic carbocycles. The molecule has 0 aliphatic heterocycles. The minimum Gasteiger partial charge on any atom is -0.497 e. The second-order valence-electron chi connectivity index (χ2n) is 4.24. The van der Waals surface area contributed by atoms with Gasteiger partial charge in [0.1, 0.15) is 11.6 Å². The second-order valence-corrected chi connectivity index (χ2v) is 4.65. The summed E-state index contributed by atoms with van der Waals surface area (Å²) in [6.07, 6.45) is -0.392. The standard InChI is InChI=1S/C15H14ClFO2/c1-19-12-4-2-3-11(9-12)15(18)8-10-5-6-13(16)14(17)7-10/h2-7,9,15,18H,8H2,1H3. The molecular weight excluding hydrogens is 267 g/mol. The number of methoxy groups -OCH3 is 1. The number of aliphatic hydroxyl groups excluding tert-OH is 1. The van der Waals surface area contributed by atoms with E-state index in [1.54, 1.807) is 37.4 Å². The van der Waals surface area contributed by atoms with Crippen LogP contribution < -0.4 is 4.74 Å². The van der Waals surface area contributed by atoms with Crippen molar-refractivity contribution in [1.82, 2.24) is 0 Å². The molecule has 2 nitrogen and oxygen atoms in total. The Kier molecular flexibility index (Phi) is 4.40. The number of halogens is 2. The second kappa shape index (κ2) is 6.04. The Balaban J connectivity index is 2.15. The minimum absolute atomic E-state index is 0.0830. The molecule has 0 aromatic heterocycles. The van der Waals surface area contributed by atoms with Crippen LogP contribution in [-0.4, -0.2) is 12.2 Å². The van der Waals surface area contributed by atoms with Crippen LogP contribution in [0.1, 0.15) is 17.2 Å². The molecule has 0 radical (unpaired) electrons. The van der Waals surface area contributed by atoms with Crippen LogP contribution in [0.5, 0.6) is 5.75 Å². The van der Waals surface area contributed by atoms with Crippen LogP contribution in [0.4, 0.5) is 4.39 Å². The molecule has 19 heavy (non-hydrogen) atoms. The van der Waals surface area contributed by atoms with E-state index in [1.807, 2.05) is 0 Å². The van der Waals surface area contributed by atoms with Crippen molar-refractivity contribution >= 4 is 11.6 Å². The highest BCUT2D eigenvalue weighted by Gasteiger charge is 2.11. The highest BCUT2D eigenvalue weighted by Crippen LogP contribution is 2.24. The smallest absolute Gasteiger partial charge is 0.142 e. The Bertz CT molecular complexity index is 572. The number of aliphatic hydroxyl groups is 1. The maximum atomic E-state index is 13.3. The van der Waals surface area contributed by atoms with Gasteiger partial charge in [-0.3, -0.25) is 0 Å². The van der Waals surface area contributed by atoms with Crippen molar-refractivity contribution in [3.05, 3.63) is 64.4 Å². The minimum atomic E-state index is -0.712. The van der Waals surface area contributed by atoms with Gasteiger partial charge in [0.25, 0.3) is 0 Å². The molecule has 0 aliphatic rings. The monoisotopic (exact) mass is 280 g/mol. The van der Waals surface area contributed by atoms with Gasteiger partial charge in [0.2, 0.25) is 0 Å². The molecule has 0 aliphatic carbocycles. The fraction of sp³-hybridized carbons (Fsp3) is 0.200. The first-order chi connectivity index (χ1) is 9.10. The Morgan fingerprint density at radius 2 is 2.05 bits per heavy atom. The SMILES string of the molecule is COc1cccc(C(O)Cc2ccc(Cl)c(F)c2)c1. The van der Waals surface area contributed by atoms with E-state index >= 15 is 0 Å². The lowest BCUT2D eigenvalue weighted by molar-refractivity contribution is 0.178.